The molecule has 1 aromatic heterocycles. The molecule has 4 heteroatoms. The number of nitrogens with zero attached hydrogens (tertiary/aromatic N) is 1. The first-order chi connectivity index (χ1) is 7.31. The number of para-hydroxylation sites is 2. The molecule has 1 aromatic carbocycles. The van der Waals surface area contributed by atoms with Gasteiger partial charge in [-0.3, -0.25) is 0 Å². The summed E-state index contributed by atoms with van der Waals surface area (Å²) in [6.07, 6.45) is 1.22. The molecule has 0 atom stereocenters. The van der Waals surface area contributed by atoms with Gasteiger partial charge in [0.2, 0.25) is 0 Å². The molecule has 2 aromatic rings. The van der Waals surface area contributed by atoms with Gasteiger partial charge in [-0.15, -0.1) is 0 Å². The number of nitrogens with one attached hydrogen (secondary N) is 1. The Morgan fingerprint density at radius 3 is 2.93 bits per heavy atom. The highest BCUT2D eigenvalue weighted by Gasteiger charge is 2.06. The molecule has 0 fully saturated rings. The second-order valence-corrected chi connectivity index (χ2v) is 3.83. The first kappa shape index (κ1) is 10.3. The summed E-state index contributed by atoms with van der Waals surface area (Å²) in [5.41, 5.74) is 1.90. The summed E-state index contributed by atoms with van der Waals surface area (Å²) in [6.45, 7) is -0.0830. The zero-order valence-corrected chi connectivity index (χ0v) is 9.01. The number of benzene rings is 1. The predicted octanol–water partition coefficient (Wildman–Crippen LogP) is 2.49. The molecule has 0 saturated carbocycles. The molecule has 1 heterocycles. The Bertz CT molecular complexity index is 445. The fraction of sp³-hybridized carbons (Fsp3) is 0.273. The van der Waals surface area contributed by atoms with Crippen LogP contribution in [0.5, 0.6) is 0 Å². The number of thiocarbonyl (C=S) groups is 1. The molecule has 77 valence electrons. The molecule has 0 bridgehead atoms. The van der Waals surface area contributed by atoms with Crippen LogP contribution in [0.1, 0.15) is 18.7 Å². The zero-order chi connectivity index (χ0) is 10.7. The largest absolute Gasteiger partial charge is 0.338 e. The minimum absolute atomic E-state index is 0.0830. The minimum atomic E-state index is -0.0830. The fourth-order valence-electron chi connectivity index (χ4n) is 1.44. The number of aromatic nitrogens is 2. The topological polar surface area (TPSA) is 48.6 Å². The standard InChI is InChI=1S/C11H11N2OS/c14-7-3-6-10(15)11-12-8-4-1-2-5-9(8)13-11/h1-2,4-5H,3,6-7H2,(H,12,13). The van der Waals surface area contributed by atoms with E-state index in [9.17, 15) is 5.11 Å². The lowest BCUT2D eigenvalue weighted by Crippen LogP contribution is -2.00. The third kappa shape index (κ3) is 2.22. The first-order valence-electron chi connectivity index (χ1n) is 4.87. The lowest BCUT2D eigenvalue weighted by atomic mass is 10.2. The molecule has 0 aliphatic rings. The first-order valence-corrected chi connectivity index (χ1v) is 5.28. The second-order valence-electron chi connectivity index (χ2n) is 3.33. The summed E-state index contributed by atoms with van der Waals surface area (Å²) < 4.78 is 0. The van der Waals surface area contributed by atoms with Crippen molar-refractivity contribution in [2.75, 3.05) is 6.61 Å². The van der Waals surface area contributed by atoms with Crippen molar-refractivity contribution in [1.82, 2.24) is 9.97 Å². The minimum Gasteiger partial charge on any atom is -0.338 e. The van der Waals surface area contributed by atoms with Crippen LogP contribution in [0.15, 0.2) is 24.3 Å². The zero-order valence-electron chi connectivity index (χ0n) is 8.19. The highest BCUT2D eigenvalue weighted by Crippen LogP contribution is 2.12. The van der Waals surface area contributed by atoms with Crippen LogP contribution in [0.3, 0.4) is 0 Å². The van der Waals surface area contributed by atoms with Crippen molar-refractivity contribution >= 4 is 28.1 Å². The fourth-order valence-corrected chi connectivity index (χ4v) is 1.68. The smallest absolute Gasteiger partial charge is 0.145 e. The van der Waals surface area contributed by atoms with E-state index >= 15 is 0 Å². The Labute approximate surface area is 93.2 Å². The van der Waals surface area contributed by atoms with Crippen molar-refractivity contribution in [3.63, 3.8) is 0 Å². The predicted molar refractivity (Wildman–Crippen MR) is 62.6 cm³/mol. The monoisotopic (exact) mass is 219 g/mol. The number of hydrogen-bond donors (Lipinski definition) is 1. The van der Waals surface area contributed by atoms with Gasteiger partial charge in [0, 0.05) is 0 Å². The van der Waals surface area contributed by atoms with Gasteiger partial charge in [-0.2, -0.15) is 0 Å². The van der Waals surface area contributed by atoms with Crippen LogP contribution in [0, 0.1) is 0 Å². The molecule has 15 heavy (non-hydrogen) atoms. The summed E-state index contributed by atoms with van der Waals surface area (Å²) in [7, 11) is 0. The molecule has 1 N–H and O–H groups in total. The Balaban J connectivity index is 2.25. The number of fused-ring (bicyclic) bond motifs is 1. The Morgan fingerprint density at radius 1 is 1.40 bits per heavy atom. The molecular formula is C11H11N2OS. The maximum atomic E-state index is 10.3. The van der Waals surface area contributed by atoms with E-state index in [-0.39, 0.29) is 6.61 Å². The molecule has 2 rings (SSSR count). The van der Waals surface area contributed by atoms with Crippen molar-refractivity contribution in [2.24, 2.45) is 0 Å². The number of aromatic amines is 1. The van der Waals surface area contributed by atoms with Gasteiger partial charge in [-0.25, -0.2) is 10.1 Å². The van der Waals surface area contributed by atoms with E-state index in [1.54, 1.807) is 0 Å². The van der Waals surface area contributed by atoms with Crippen LogP contribution in [-0.4, -0.2) is 21.4 Å². The summed E-state index contributed by atoms with van der Waals surface area (Å²) >= 11 is 5.19. The van der Waals surface area contributed by atoms with Crippen LogP contribution >= 0.6 is 12.2 Å². The van der Waals surface area contributed by atoms with Crippen LogP contribution in [-0.2, 0) is 5.11 Å². The van der Waals surface area contributed by atoms with E-state index in [0.29, 0.717) is 12.8 Å². The Hall–Kier alpha value is -1.26. The van der Waals surface area contributed by atoms with Crippen LogP contribution < -0.4 is 0 Å². The molecule has 0 saturated heterocycles. The molecular weight excluding hydrogens is 208 g/mol. The quantitative estimate of drug-likeness (QED) is 0.634. The SMILES string of the molecule is [O]CCCC(=S)c1nc2ccccc2[nH]1. The van der Waals surface area contributed by atoms with Gasteiger partial charge in [0.25, 0.3) is 0 Å². The number of hydrogen-bond acceptors (Lipinski definition) is 2. The van der Waals surface area contributed by atoms with Crippen molar-refractivity contribution < 1.29 is 5.11 Å². The van der Waals surface area contributed by atoms with Crippen molar-refractivity contribution in [3.8, 4) is 0 Å². The number of imidazole rings is 1. The Morgan fingerprint density at radius 2 is 2.20 bits per heavy atom. The summed E-state index contributed by atoms with van der Waals surface area (Å²) in [5, 5.41) is 10.3. The van der Waals surface area contributed by atoms with Gasteiger partial charge in [0.15, 0.2) is 0 Å². The molecule has 1 radical (unpaired) electrons. The molecule has 0 aliphatic heterocycles. The second kappa shape index (κ2) is 4.51. The van der Waals surface area contributed by atoms with Crippen molar-refractivity contribution in [3.05, 3.63) is 30.1 Å². The van der Waals surface area contributed by atoms with Gasteiger partial charge in [-0.05, 0) is 25.0 Å². The van der Waals surface area contributed by atoms with Gasteiger partial charge in [0.1, 0.15) is 5.82 Å². The summed E-state index contributed by atoms with van der Waals surface area (Å²) in [4.78, 5) is 8.25. The molecule has 0 spiro atoms. The molecule has 0 amide bonds. The number of H-pyrrole nitrogens is 1. The summed E-state index contributed by atoms with van der Waals surface area (Å²) in [6, 6.07) is 7.78. The lowest BCUT2D eigenvalue weighted by molar-refractivity contribution is 0.191. The van der Waals surface area contributed by atoms with E-state index in [2.05, 4.69) is 9.97 Å². The number of rotatable bonds is 4. The molecule has 0 unspecified atom stereocenters. The van der Waals surface area contributed by atoms with E-state index < -0.39 is 0 Å². The van der Waals surface area contributed by atoms with Crippen molar-refractivity contribution in [2.45, 2.75) is 12.8 Å². The van der Waals surface area contributed by atoms with E-state index in [1.807, 2.05) is 24.3 Å². The van der Waals surface area contributed by atoms with E-state index in [4.69, 9.17) is 12.2 Å². The molecule has 0 aliphatic carbocycles. The highest BCUT2D eigenvalue weighted by molar-refractivity contribution is 7.80. The average molecular weight is 219 g/mol. The van der Waals surface area contributed by atoms with Gasteiger partial charge in [-0.1, -0.05) is 24.4 Å². The summed E-state index contributed by atoms with van der Waals surface area (Å²) in [5.74, 6) is 0.722. The van der Waals surface area contributed by atoms with Crippen LogP contribution in [0.2, 0.25) is 0 Å². The average Bonchev–Trinajstić information content (AvgIpc) is 2.69. The maximum Gasteiger partial charge on any atom is 0.145 e. The van der Waals surface area contributed by atoms with Gasteiger partial charge >= 0.3 is 0 Å². The van der Waals surface area contributed by atoms with Gasteiger partial charge in [0.05, 0.1) is 22.5 Å². The molecule has 3 nitrogen and oxygen atoms in total. The van der Waals surface area contributed by atoms with E-state index in [0.717, 1.165) is 21.7 Å². The van der Waals surface area contributed by atoms with Crippen LogP contribution in [0.25, 0.3) is 11.0 Å². The third-order valence-corrected chi connectivity index (χ3v) is 2.60. The Kier molecular flexibility index (Phi) is 3.08. The van der Waals surface area contributed by atoms with Crippen LogP contribution in [0.4, 0.5) is 0 Å². The highest BCUT2D eigenvalue weighted by atomic mass is 32.1. The lowest BCUT2D eigenvalue weighted by Gasteiger charge is -1.95. The normalized spacial score (nSPS) is 10.7. The van der Waals surface area contributed by atoms with Gasteiger partial charge < -0.3 is 4.98 Å². The van der Waals surface area contributed by atoms with Crippen molar-refractivity contribution in [1.29, 1.82) is 0 Å². The maximum absolute atomic E-state index is 10.3. The third-order valence-electron chi connectivity index (χ3n) is 2.20. The van der Waals surface area contributed by atoms with E-state index in [1.165, 1.54) is 0 Å².